The molecule has 0 atom stereocenters. The van der Waals surface area contributed by atoms with Crippen molar-refractivity contribution in [2.45, 2.75) is 32.7 Å². The van der Waals surface area contributed by atoms with Crippen molar-refractivity contribution in [3.63, 3.8) is 0 Å². The van der Waals surface area contributed by atoms with E-state index in [0.29, 0.717) is 5.88 Å². The number of hydrogen-bond donors (Lipinski definition) is 1. The van der Waals surface area contributed by atoms with Gasteiger partial charge in [-0.15, -0.1) is 11.6 Å². The number of halogens is 1. The lowest BCUT2D eigenvalue weighted by atomic mass is 10.0. The van der Waals surface area contributed by atoms with Crippen LogP contribution in [0, 0.1) is 6.92 Å². The molecule has 0 radical (unpaired) electrons. The first kappa shape index (κ1) is 10.7. The highest BCUT2D eigenvalue weighted by atomic mass is 35.5. The zero-order chi connectivity index (χ0) is 9.90. The van der Waals surface area contributed by atoms with Gasteiger partial charge in [0.25, 0.3) is 0 Å². The second kappa shape index (κ2) is 4.24. The van der Waals surface area contributed by atoms with Gasteiger partial charge in [-0.3, -0.25) is 0 Å². The molecule has 0 aromatic carbocycles. The summed E-state index contributed by atoms with van der Waals surface area (Å²) in [6, 6.07) is 0. The molecule has 13 heavy (non-hydrogen) atoms. The van der Waals surface area contributed by atoms with Crippen molar-refractivity contribution >= 4 is 28.3 Å². The van der Waals surface area contributed by atoms with E-state index in [9.17, 15) is 0 Å². The normalized spacial score (nSPS) is 11.7. The number of nitrogens with one attached hydrogen (secondary N) is 1. The molecule has 0 fully saturated rings. The standard InChI is InChI=1S/C8H14ClN3S/c1-6-10-7(13-12-6)11-8(2,3)4-5-9/h4-5H2,1-3H3,(H,10,11,12). The smallest absolute Gasteiger partial charge is 0.202 e. The average Bonchev–Trinajstić information content (AvgIpc) is 2.34. The van der Waals surface area contributed by atoms with Crippen LogP contribution in [0.2, 0.25) is 0 Å². The predicted octanol–water partition coefficient (Wildman–Crippen LogP) is 2.67. The Morgan fingerprint density at radius 1 is 1.54 bits per heavy atom. The van der Waals surface area contributed by atoms with Crippen molar-refractivity contribution in [1.29, 1.82) is 0 Å². The Kier molecular flexibility index (Phi) is 3.50. The highest BCUT2D eigenvalue weighted by Gasteiger charge is 2.17. The molecule has 1 aromatic rings. The Hall–Kier alpha value is -0.350. The van der Waals surface area contributed by atoms with E-state index in [0.717, 1.165) is 17.4 Å². The zero-order valence-corrected chi connectivity index (χ0v) is 9.67. The molecule has 1 N–H and O–H groups in total. The van der Waals surface area contributed by atoms with Crippen LogP contribution in [0.1, 0.15) is 26.1 Å². The maximum atomic E-state index is 5.68. The first-order valence-electron chi connectivity index (χ1n) is 4.18. The molecule has 0 amide bonds. The molecule has 0 unspecified atom stereocenters. The summed E-state index contributed by atoms with van der Waals surface area (Å²) < 4.78 is 4.10. The van der Waals surface area contributed by atoms with Gasteiger partial charge in [0.2, 0.25) is 5.13 Å². The molecular formula is C8H14ClN3S. The Bertz CT molecular complexity index is 272. The fraction of sp³-hybridized carbons (Fsp3) is 0.750. The van der Waals surface area contributed by atoms with Crippen LogP contribution in [0.15, 0.2) is 0 Å². The molecule has 0 aliphatic carbocycles. The van der Waals surface area contributed by atoms with Crippen molar-refractivity contribution in [2.24, 2.45) is 0 Å². The highest BCUT2D eigenvalue weighted by Crippen LogP contribution is 2.19. The topological polar surface area (TPSA) is 37.8 Å². The van der Waals surface area contributed by atoms with Crippen molar-refractivity contribution in [3.05, 3.63) is 5.82 Å². The van der Waals surface area contributed by atoms with E-state index < -0.39 is 0 Å². The quantitative estimate of drug-likeness (QED) is 0.792. The number of nitrogens with zero attached hydrogens (tertiary/aromatic N) is 2. The lowest BCUT2D eigenvalue weighted by Crippen LogP contribution is -2.31. The Balaban J connectivity index is 2.57. The third-order valence-electron chi connectivity index (χ3n) is 1.69. The molecule has 0 saturated carbocycles. The molecule has 0 spiro atoms. The molecule has 0 aliphatic rings. The summed E-state index contributed by atoms with van der Waals surface area (Å²) in [5.41, 5.74) is -0.00623. The third kappa shape index (κ3) is 3.48. The molecule has 1 rings (SSSR count). The Labute approximate surface area is 87.7 Å². The van der Waals surface area contributed by atoms with Gasteiger partial charge in [0, 0.05) is 23.0 Å². The SMILES string of the molecule is Cc1nsc(NC(C)(C)CCCl)n1. The summed E-state index contributed by atoms with van der Waals surface area (Å²) >= 11 is 7.07. The van der Waals surface area contributed by atoms with Crippen LogP contribution in [0.5, 0.6) is 0 Å². The second-order valence-corrected chi connectivity index (χ2v) is 4.72. The van der Waals surface area contributed by atoms with Gasteiger partial charge in [0.1, 0.15) is 5.82 Å². The van der Waals surface area contributed by atoms with Crippen LogP contribution in [-0.4, -0.2) is 20.8 Å². The first-order valence-corrected chi connectivity index (χ1v) is 5.49. The van der Waals surface area contributed by atoms with E-state index in [1.807, 2.05) is 6.92 Å². The Morgan fingerprint density at radius 2 is 2.23 bits per heavy atom. The largest absolute Gasteiger partial charge is 0.355 e. The molecule has 0 saturated heterocycles. The number of rotatable bonds is 4. The number of alkyl halides is 1. The minimum absolute atomic E-state index is 0.00623. The minimum atomic E-state index is -0.00623. The van der Waals surface area contributed by atoms with Gasteiger partial charge < -0.3 is 5.32 Å². The fourth-order valence-electron chi connectivity index (χ4n) is 0.936. The van der Waals surface area contributed by atoms with E-state index in [-0.39, 0.29) is 5.54 Å². The molecule has 5 heteroatoms. The van der Waals surface area contributed by atoms with E-state index in [4.69, 9.17) is 11.6 Å². The van der Waals surface area contributed by atoms with E-state index in [1.54, 1.807) is 0 Å². The van der Waals surface area contributed by atoms with Gasteiger partial charge in [-0.1, -0.05) is 0 Å². The summed E-state index contributed by atoms with van der Waals surface area (Å²) in [6.45, 7) is 6.09. The third-order valence-corrected chi connectivity index (χ3v) is 2.60. The monoisotopic (exact) mass is 219 g/mol. The van der Waals surface area contributed by atoms with E-state index in [1.165, 1.54) is 11.5 Å². The van der Waals surface area contributed by atoms with Gasteiger partial charge in [0.05, 0.1) is 0 Å². The number of aromatic nitrogens is 2. The van der Waals surface area contributed by atoms with Crippen LogP contribution in [0.4, 0.5) is 5.13 Å². The maximum Gasteiger partial charge on any atom is 0.202 e. The number of anilines is 1. The van der Waals surface area contributed by atoms with Gasteiger partial charge in [-0.25, -0.2) is 4.98 Å². The summed E-state index contributed by atoms with van der Waals surface area (Å²) in [7, 11) is 0. The van der Waals surface area contributed by atoms with Crippen molar-refractivity contribution in [3.8, 4) is 0 Å². The summed E-state index contributed by atoms with van der Waals surface area (Å²) in [6.07, 6.45) is 0.910. The lowest BCUT2D eigenvalue weighted by Gasteiger charge is -2.24. The molecule has 0 aliphatic heterocycles. The average molecular weight is 220 g/mol. The molecule has 74 valence electrons. The minimum Gasteiger partial charge on any atom is -0.355 e. The number of hydrogen-bond acceptors (Lipinski definition) is 4. The Morgan fingerprint density at radius 3 is 2.69 bits per heavy atom. The predicted molar refractivity (Wildman–Crippen MR) is 57.7 cm³/mol. The van der Waals surface area contributed by atoms with Crippen molar-refractivity contribution in [2.75, 3.05) is 11.2 Å². The van der Waals surface area contributed by atoms with Crippen molar-refractivity contribution < 1.29 is 0 Å². The zero-order valence-electron chi connectivity index (χ0n) is 8.09. The molecule has 3 nitrogen and oxygen atoms in total. The van der Waals surface area contributed by atoms with Crippen LogP contribution < -0.4 is 5.32 Å². The molecule has 1 heterocycles. The second-order valence-electron chi connectivity index (χ2n) is 3.59. The number of aryl methyl sites for hydroxylation is 1. The van der Waals surface area contributed by atoms with E-state index >= 15 is 0 Å². The maximum absolute atomic E-state index is 5.68. The van der Waals surface area contributed by atoms with E-state index in [2.05, 4.69) is 28.5 Å². The summed E-state index contributed by atoms with van der Waals surface area (Å²) in [4.78, 5) is 4.23. The van der Waals surface area contributed by atoms with Gasteiger partial charge in [0.15, 0.2) is 0 Å². The summed E-state index contributed by atoms with van der Waals surface area (Å²) in [5, 5.41) is 4.17. The van der Waals surface area contributed by atoms with Gasteiger partial charge in [-0.05, 0) is 27.2 Å². The van der Waals surface area contributed by atoms with Crippen LogP contribution in [-0.2, 0) is 0 Å². The van der Waals surface area contributed by atoms with Crippen LogP contribution >= 0.6 is 23.1 Å². The molecular weight excluding hydrogens is 206 g/mol. The lowest BCUT2D eigenvalue weighted by molar-refractivity contribution is 0.550. The summed E-state index contributed by atoms with van der Waals surface area (Å²) in [5.74, 6) is 1.46. The molecule has 1 aromatic heterocycles. The van der Waals surface area contributed by atoms with Crippen molar-refractivity contribution in [1.82, 2.24) is 9.36 Å². The molecule has 0 bridgehead atoms. The fourth-order valence-corrected chi connectivity index (χ4v) is 2.16. The van der Waals surface area contributed by atoms with Gasteiger partial charge >= 0.3 is 0 Å². The van der Waals surface area contributed by atoms with Gasteiger partial charge in [-0.2, -0.15) is 4.37 Å². The first-order chi connectivity index (χ1) is 6.03. The van der Waals surface area contributed by atoms with Crippen LogP contribution in [0.3, 0.4) is 0 Å². The van der Waals surface area contributed by atoms with Crippen LogP contribution in [0.25, 0.3) is 0 Å². The highest BCUT2D eigenvalue weighted by molar-refractivity contribution is 7.09.